The summed E-state index contributed by atoms with van der Waals surface area (Å²) in [4.78, 5) is 10.2. The Hall–Kier alpha value is -1.52. The van der Waals surface area contributed by atoms with E-state index in [0.29, 0.717) is 0 Å². The molecular formula is C10H5Cl2NO3. The third kappa shape index (κ3) is 1.56. The van der Waals surface area contributed by atoms with Crippen LogP contribution in [0.5, 0.6) is 5.75 Å². The van der Waals surface area contributed by atoms with Crippen LogP contribution in [0.3, 0.4) is 0 Å². The smallest absolute Gasteiger partial charge is 0.278 e. The number of fused-ring (bicyclic) bond motifs is 1. The molecule has 0 atom stereocenters. The third-order valence-corrected chi connectivity index (χ3v) is 2.80. The number of nitro benzene ring substituents is 1. The summed E-state index contributed by atoms with van der Waals surface area (Å²) in [5.41, 5.74) is -0.158. The van der Waals surface area contributed by atoms with Gasteiger partial charge in [-0.25, -0.2) is 0 Å². The normalized spacial score (nSPS) is 10.6. The van der Waals surface area contributed by atoms with Gasteiger partial charge in [0.25, 0.3) is 5.69 Å². The van der Waals surface area contributed by atoms with Crippen LogP contribution in [-0.4, -0.2) is 10.0 Å². The highest BCUT2D eigenvalue weighted by Gasteiger charge is 2.18. The van der Waals surface area contributed by atoms with Crippen molar-refractivity contribution in [3.8, 4) is 5.75 Å². The summed E-state index contributed by atoms with van der Waals surface area (Å²) < 4.78 is 0. The maximum atomic E-state index is 10.8. The summed E-state index contributed by atoms with van der Waals surface area (Å²) in [6, 6.07) is 5.59. The molecule has 4 nitrogen and oxygen atoms in total. The van der Waals surface area contributed by atoms with Gasteiger partial charge in [-0.1, -0.05) is 35.3 Å². The Morgan fingerprint density at radius 2 is 1.94 bits per heavy atom. The van der Waals surface area contributed by atoms with Crippen LogP contribution in [0.1, 0.15) is 0 Å². The Morgan fingerprint density at radius 1 is 1.25 bits per heavy atom. The highest BCUT2D eigenvalue weighted by Crippen LogP contribution is 2.41. The van der Waals surface area contributed by atoms with Gasteiger partial charge in [0.2, 0.25) is 0 Å². The fraction of sp³-hybridized carbons (Fsp3) is 0. The van der Waals surface area contributed by atoms with Crippen molar-refractivity contribution in [3.63, 3.8) is 0 Å². The van der Waals surface area contributed by atoms with E-state index >= 15 is 0 Å². The van der Waals surface area contributed by atoms with Crippen molar-refractivity contribution in [2.24, 2.45) is 0 Å². The summed E-state index contributed by atoms with van der Waals surface area (Å²) >= 11 is 11.6. The van der Waals surface area contributed by atoms with Crippen molar-refractivity contribution in [2.75, 3.05) is 0 Å². The van der Waals surface area contributed by atoms with Crippen LogP contribution in [0, 0.1) is 10.1 Å². The molecule has 16 heavy (non-hydrogen) atoms. The summed E-state index contributed by atoms with van der Waals surface area (Å²) in [6.45, 7) is 0. The van der Waals surface area contributed by atoms with E-state index in [1.807, 2.05) is 0 Å². The number of phenols is 1. The van der Waals surface area contributed by atoms with Crippen LogP contribution < -0.4 is 0 Å². The summed E-state index contributed by atoms with van der Waals surface area (Å²) in [7, 11) is 0. The first-order chi connectivity index (χ1) is 7.52. The molecule has 2 aromatic rings. The summed E-state index contributed by atoms with van der Waals surface area (Å²) in [6.07, 6.45) is 0. The van der Waals surface area contributed by atoms with E-state index in [2.05, 4.69) is 0 Å². The second-order valence-corrected chi connectivity index (χ2v) is 3.96. The molecular weight excluding hydrogens is 253 g/mol. The lowest BCUT2D eigenvalue weighted by molar-refractivity contribution is -0.383. The number of hydrogen-bond acceptors (Lipinski definition) is 3. The molecule has 0 saturated heterocycles. The van der Waals surface area contributed by atoms with Crippen molar-refractivity contribution < 1.29 is 10.0 Å². The van der Waals surface area contributed by atoms with Crippen LogP contribution in [0.4, 0.5) is 5.69 Å². The number of phenolic OH excluding ortho intramolecular Hbond substituents is 1. The lowest BCUT2D eigenvalue weighted by atomic mass is 10.1. The SMILES string of the molecule is O=[N+]([O-])c1cccc2c(O)c(Cl)cc(Cl)c12. The monoisotopic (exact) mass is 257 g/mol. The predicted molar refractivity (Wildman–Crippen MR) is 62.3 cm³/mol. The fourth-order valence-corrected chi connectivity index (χ4v) is 2.10. The topological polar surface area (TPSA) is 63.4 Å². The lowest BCUT2D eigenvalue weighted by Gasteiger charge is -2.05. The predicted octanol–water partition coefficient (Wildman–Crippen LogP) is 3.76. The highest BCUT2D eigenvalue weighted by molar-refractivity contribution is 6.40. The van der Waals surface area contributed by atoms with Crippen molar-refractivity contribution in [2.45, 2.75) is 0 Å². The number of halogens is 2. The minimum atomic E-state index is -0.554. The van der Waals surface area contributed by atoms with Gasteiger partial charge in [-0.15, -0.1) is 0 Å². The first-order valence-electron chi connectivity index (χ1n) is 4.26. The van der Waals surface area contributed by atoms with Crippen molar-refractivity contribution in [1.82, 2.24) is 0 Å². The van der Waals surface area contributed by atoms with Gasteiger partial charge in [-0.2, -0.15) is 0 Å². The van der Waals surface area contributed by atoms with Gasteiger partial charge in [0.1, 0.15) is 5.75 Å². The van der Waals surface area contributed by atoms with E-state index in [1.165, 1.54) is 24.3 Å². The first kappa shape index (κ1) is 11.0. The minimum absolute atomic E-state index is 0.0676. The Balaban J connectivity index is 2.99. The number of non-ortho nitro benzene ring substituents is 1. The van der Waals surface area contributed by atoms with Gasteiger partial charge in [-0.05, 0) is 6.07 Å². The molecule has 2 aromatic carbocycles. The molecule has 0 spiro atoms. The Morgan fingerprint density at radius 3 is 2.56 bits per heavy atom. The zero-order valence-electron chi connectivity index (χ0n) is 7.78. The molecule has 0 aliphatic heterocycles. The second-order valence-electron chi connectivity index (χ2n) is 3.15. The maximum Gasteiger partial charge on any atom is 0.278 e. The Kier molecular flexibility index (Phi) is 2.61. The highest BCUT2D eigenvalue weighted by atomic mass is 35.5. The molecule has 0 bridgehead atoms. The first-order valence-corrected chi connectivity index (χ1v) is 5.02. The van der Waals surface area contributed by atoms with Crippen LogP contribution in [0.25, 0.3) is 10.8 Å². The quantitative estimate of drug-likeness (QED) is 0.625. The van der Waals surface area contributed by atoms with Gasteiger partial charge in [-0.3, -0.25) is 10.1 Å². The molecule has 0 aliphatic carbocycles. The standard InChI is InChI=1S/C10H5Cl2NO3/c11-6-4-7(12)10(14)5-2-1-3-8(9(5)6)13(15)16/h1-4,14H. The second kappa shape index (κ2) is 3.81. The molecule has 82 valence electrons. The molecule has 0 aromatic heterocycles. The number of nitro groups is 1. The zero-order valence-corrected chi connectivity index (χ0v) is 9.29. The van der Waals surface area contributed by atoms with Gasteiger partial charge in [0.15, 0.2) is 0 Å². The van der Waals surface area contributed by atoms with Crippen LogP contribution in [0.15, 0.2) is 24.3 Å². The molecule has 0 aliphatic rings. The number of aromatic hydroxyl groups is 1. The third-order valence-electron chi connectivity index (χ3n) is 2.21. The number of nitrogens with zero attached hydrogens (tertiary/aromatic N) is 1. The Bertz CT molecular complexity index is 598. The molecule has 6 heteroatoms. The van der Waals surface area contributed by atoms with Crippen LogP contribution >= 0.6 is 23.2 Å². The van der Waals surface area contributed by atoms with E-state index in [0.717, 1.165) is 0 Å². The number of hydrogen-bond donors (Lipinski definition) is 1. The fourth-order valence-electron chi connectivity index (χ4n) is 1.52. The lowest BCUT2D eigenvalue weighted by Crippen LogP contribution is -1.90. The van der Waals surface area contributed by atoms with Gasteiger partial charge in [0, 0.05) is 11.5 Å². The van der Waals surface area contributed by atoms with E-state index in [1.54, 1.807) is 0 Å². The minimum Gasteiger partial charge on any atom is -0.506 e. The summed E-state index contributed by atoms with van der Waals surface area (Å²) in [5.74, 6) is -0.204. The molecule has 0 amide bonds. The molecule has 1 N–H and O–H groups in total. The molecule has 0 radical (unpaired) electrons. The molecule has 0 unspecified atom stereocenters. The van der Waals surface area contributed by atoms with Crippen LogP contribution in [-0.2, 0) is 0 Å². The average molecular weight is 258 g/mol. The maximum absolute atomic E-state index is 10.8. The van der Waals surface area contributed by atoms with Crippen molar-refractivity contribution in [3.05, 3.63) is 44.4 Å². The Labute approximate surface area is 100 Å². The molecule has 0 heterocycles. The number of rotatable bonds is 1. The van der Waals surface area contributed by atoms with Gasteiger partial charge in [0.05, 0.1) is 20.4 Å². The summed E-state index contributed by atoms with van der Waals surface area (Å²) in [5, 5.41) is 21.1. The molecule has 2 rings (SSSR count). The van der Waals surface area contributed by atoms with Gasteiger partial charge < -0.3 is 5.11 Å². The molecule has 0 fully saturated rings. The van der Waals surface area contributed by atoms with E-state index in [4.69, 9.17) is 23.2 Å². The zero-order chi connectivity index (χ0) is 11.9. The molecule has 0 saturated carbocycles. The van der Waals surface area contributed by atoms with Crippen molar-refractivity contribution >= 4 is 39.7 Å². The number of benzene rings is 2. The average Bonchev–Trinajstić information content (AvgIpc) is 2.25. The van der Waals surface area contributed by atoms with E-state index < -0.39 is 4.92 Å². The largest absolute Gasteiger partial charge is 0.506 e. The van der Waals surface area contributed by atoms with E-state index in [-0.39, 0.29) is 32.3 Å². The van der Waals surface area contributed by atoms with Crippen LogP contribution in [0.2, 0.25) is 10.0 Å². The van der Waals surface area contributed by atoms with E-state index in [9.17, 15) is 15.2 Å². The van der Waals surface area contributed by atoms with Gasteiger partial charge >= 0.3 is 0 Å². The van der Waals surface area contributed by atoms with Crippen molar-refractivity contribution in [1.29, 1.82) is 0 Å².